The van der Waals surface area contributed by atoms with Gasteiger partial charge in [-0.3, -0.25) is 4.90 Å². The van der Waals surface area contributed by atoms with E-state index in [2.05, 4.69) is 18.0 Å². The van der Waals surface area contributed by atoms with Crippen molar-refractivity contribution in [2.24, 2.45) is 5.92 Å². The number of carboxylic acids is 1. The van der Waals surface area contributed by atoms with Crippen LogP contribution in [0.25, 0.3) is 0 Å². The molecule has 3 aliphatic heterocycles. The lowest BCUT2D eigenvalue weighted by atomic mass is 9.83. The second kappa shape index (κ2) is 11.1. The van der Waals surface area contributed by atoms with Gasteiger partial charge in [0.05, 0.1) is 26.2 Å². The predicted molar refractivity (Wildman–Crippen MR) is 121 cm³/mol. The number of piperidine rings is 3. The number of rotatable bonds is 6. The highest BCUT2D eigenvalue weighted by atomic mass is 32.1. The van der Waals surface area contributed by atoms with E-state index in [0.29, 0.717) is 12.5 Å². The highest BCUT2D eigenvalue weighted by molar-refractivity contribution is 7.07. The third-order valence-corrected chi connectivity index (χ3v) is 6.98. The molecule has 0 N–H and O–H groups in total. The molecular weight excluding hydrogens is 469 g/mol. The first-order valence-electron chi connectivity index (χ1n) is 10.9. The Morgan fingerprint density at radius 2 is 1.85 bits per heavy atom. The van der Waals surface area contributed by atoms with E-state index in [1.54, 1.807) is 16.2 Å². The van der Waals surface area contributed by atoms with Crippen LogP contribution in [0.3, 0.4) is 0 Å². The number of halogens is 3. The van der Waals surface area contributed by atoms with Gasteiger partial charge in [-0.15, -0.1) is 0 Å². The van der Waals surface area contributed by atoms with Gasteiger partial charge in [-0.05, 0) is 40.6 Å². The number of carbonyl (C=O) groups excluding carboxylic acids is 2. The molecule has 2 bridgehead atoms. The number of para-hydroxylation sites is 1. The molecule has 10 heteroatoms. The molecule has 0 radical (unpaired) electrons. The van der Waals surface area contributed by atoms with E-state index in [0.717, 1.165) is 41.7 Å². The Morgan fingerprint density at radius 1 is 1.21 bits per heavy atom. The van der Waals surface area contributed by atoms with Gasteiger partial charge in [-0.25, -0.2) is 4.79 Å². The zero-order valence-corrected chi connectivity index (χ0v) is 19.4. The fourth-order valence-corrected chi connectivity index (χ4v) is 5.17. The van der Waals surface area contributed by atoms with Crippen molar-refractivity contribution in [1.29, 1.82) is 0 Å². The number of quaternary nitrogens is 1. The fraction of sp³-hybridized carbons (Fsp3) is 0.417. The summed E-state index contributed by atoms with van der Waals surface area (Å²) >= 11 is 1.65. The molecule has 1 aromatic heterocycles. The Balaban J connectivity index is 0.000000406. The van der Waals surface area contributed by atoms with Crippen molar-refractivity contribution in [2.45, 2.75) is 31.7 Å². The molecule has 0 aliphatic carbocycles. The predicted octanol–water partition coefficient (Wildman–Crippen LogP) is 3.98. The first-order valence-corrected chi connectivity index (χ1v) is 11.9. The Bertz CT molecular complexity index is 958. The molecule has 3 fully saturated rings. The van der Waals surface area contributed by atoms with Crippen LogP contribution in [0.15, 0.2) is 59.8 Å². The number of ether oxygens (including phenoxy) is 1. The quantitative estimate of drug-likeness (QED) is 0.448. The summed E-state index contributed by atoms with van der Waals surface area (Å²) in [6.07, 6.45) is -1.13. The lowest BCUT2D eigenvalue weighted by Crippen LogP contribution is -2.64. The molecular formula is C24H27F3N2O4S. The molecule has 1 aromatic carbocycles. The largest absolute Gasteiger partial charge is 0.542 e. The summed E-state index contributed by atoms with van der Waals surface area (Å²) in [4.78, 5) is 23.7. The topological polar surface area (TPSA) is 69.7 Å². The summed E-state index contributed by atoms with van der Waals surface area (Å²) in [7, 11) is 0. The number of carbonyl (C=O) groups is 2. The van der Waals surface area contributed by atoms with Gasteiger partial charge in [-0.1, -0.05) is 24.8 Å². The average Bonchev–Trinajstić information content (AvgIpc) is 3.32. The first kappa shape index (κ1) is 25.8. The molecule has 2 aromatic rings. The molecule has 3 aliphatic rings. The highest BCUT2D eigenvalue weighted by Crippen LogP contribution is 2.36. The fourth-order valence-electron chi connectivity index (χ4n) is 4.51. The number of alkyl halides is 3. The summed E-state index contributed by atoms with van der Waals surface area (Å²) in [6.45, 7) is 8.72. The summed E-state index contributed by atoms with van der Waals surface area (Å²) in [5, 5.41) is 12.9. The molecule has 0 spiro atoms. The lowest BCUT2D eigenvalue weighted by Gasteiger charge is -2.51. The van der Waals surface area contributed by atoms with Gasteiger partial charge < -0.3 is 19.1 Å². The van der Waals surface area contributed by atoms with E-state index in [4.69, 9.17) is 14.6 Å². The Morgan fingerprint density at radius 3 is 2.38 bits per heavy atom. The van der Waals surface area contributed by atoms with Crippen molar-refractivity contribution < 1.29 is 37.1 Å². The van der Waals surface area contributed by atoms with Crippen LogP contribution in [0.5, 0.6) is 0 Å². The number of carboxylic acid groups (broad SMARTS) is 1. The van der Waals surface area contributed by atoms with E-state index in [1.165, 1.54) is 13.1 Å². The van der Waals surface area contributed by atoms with Crippen LogP contribution in [-0.2, 0) is 16.1 Å². The number of hydrogen-bond donors (Lipinski definition) is 0. The SMILES string of the molecule is C=CC[N+]12CCC(CC1)[C@@H](OC(=O)N(Cc1ccsc1)c1ccccc1)C2.O=C([O-])C(F)(F)F. The molecule has 0 unspecified atom stereocenters. The number of anilines is 1. The van der Waals surface area contributed by atoms with Crippen LogP contribution in [0.4, 0.5) is 23.7 Å². The zero-order chi connectivity index (χ0) is 24.8. The van der Waals surface area contributed by atoms with E-state index in [-0.39, 0.29) is 12.2 Å². The Labute approximate surface area is 200 Å². The number of thiophene rings is 1. The molecule has 6 nitrogen and oxygen atoms in total. The Kier molecular flexibility index (Phi) is 8.37. The van der Waals surface area contributed by atoms with Crippen LogP contribution in [-0.4, -0.2) is 55.0 Å². The van der Waals surface area contributed by atoms with Crippen LogP contribution >= 0.6 is 11.3 Å². The average molecular weight is 497 g/mol. The van der Waals surface area contributed by atoms with Gasteiger partial charge >= 0.3 is 12.3 Å². The molecule has 5 rings (SSSR count). The van der Waals surface area contributed by atoms with Gasteiger partial charge in [0.2, 0.25) is 0 Å². The van der Waals surface area contributed by atoms with Crippen LogP contribution in [0, 0.1) is 5.92 Å². The minimum atomic E-state index is -5.19. The van der Waals surface area contributed by atoms with E-state index >= 15 is 0 Å². The molecule has 4 heterocycles. The van der Waals surface area contributed by atoms with Crippen molar-refractivity contribution in [3.8, 4) is 0 Å². The van der Waals surface area contributed by atoms with E-state index in [9.17, 15) is 18.0 Å². The maximum absolute atomic E-state index is 13.2. The normalized spacial score (nSPS) is 23.4. The summed E-state index contributed by atoms with van der Waals surface area (Å²) < 4.78 is 38.7. The zero-order valence-electron chi connectivity index (χ0n) is 18.6. The third kappa shape index (κ3) is 6.60. The molecule has 34 heavy (non-hydrogen) atoms. The maximum atomic E-state index is 13.2. The van der Waals surface area contributed by atoms with Gasteiger partial charge in [0.15, 0.2) is 6.10 Å². The number of hydrogen-bond acceptors (Lipinski definition) is 5. The lowest BCUT2D eigenvalue weighted by molar-refractivity contribution is -0.941. The van der Waals surface area contributed by atoms with E-state index in [1.807, 2.05) is 41.8 Å². The third-order valence-electron chi connectivity index (χ3n) is 6.25. The molecule has 3 saturated heterocycles. The minimum Gasteiger partial charge on any atom is -0.542 e. The monoisotopic (exact) mass is 496 g/mol. The number of amides is 1. The van der Waals surface area contributed by atoms with Crippen molar-refractivity contribution in [3.63, 3.8) is 0 Å². The number of nitrogens with zero attached hydrogens (tertiary/aromatic N) is 2. The first-order chi connectivity index (χ1) is 16.1. The maximum Gasteiger partial charge on any atom is 0.430 e. The standard InChI is InChI=1S/C22H27N2O2S.C2HF3O2/c1-2-11-24-12-8-19(9-13-24)21(16-24)26-22(25)23(15-18-10-14-27-17-18)20-6-4-3-5-7-20;3-2(4,5)1(6)7/h2-7,10,14,17,19,21H,1,8-9,11-13,15-16H2;(H,6,7)/q+1;/p-1/t19?,21-,24?;/m0./s1. The van der Waals surface area contributed by atoms with Crippen LogP contribution < -0.4 is 10.0 Å². The van der Waals surface area contributed by atoms with Gasteiger partial charge in [0.1, 0.15) is 12.5 Å². The second-order valence-electron chi connectivity index (χ2n) is 8.54. The summed E-state index contributed by atoms with van der Waals surface area (Å²) in [5.41, 5.74) is 2.01. The Hall–Kier alpha value is -2.85. The minimum absolute atomic E-state index is 0.00800. The highest BCUT2D eigenvalue weighted by Gasteiger charge is 2.47. The number of aliphatic carboxylic acids is 1. The number of fused-ring (bicyclic) bond motifs is 3. The van der Waals surface area contributed by atoms with Gasteiger partial charge in [0.25, 0.3) is 0 Å². The van der Waals surface area contributed by atoms with Crippen molar-refractivity contribution in [3.05, 3.63) is 65.4 Å². The van der Waals surface area contributed by atoms with Crippen molar-refractivity contribution in [1.82, 2.24) is 0 Å². The van der Waals surface area contributed by atoms with Crippen LogP contribution in [0.1, 0.15) is 18.4 Å². The van der Waals surface area contributed by atoms with Gasteiger partial charge in [0, 0.05) is 24.4 Å². The van der Waals surface area contributed by atoms with Crippen molar-refractivity contribution in [2.75, 3.05) is 31.1 Å². The molecule has 0 saturated carbocycles. The molecule has 1 amide bonds. The smallest absolute Gasteiger partial charge is 0.430 e. The molecule has 184 valence electrons. The van der Waals surface area contributed by atoms with Gasteiger partial charge in [-0.2, -0.15) is 24.5 Å². The van der Waals surface area contributed by atoms with Crippen LogP contribution in [0.2, 0.25) is 0 Å². The molecule has 1 atom stereocenters. The summed E-state index contributed by atoms with van der Waals surface area (Å²) in [5.74, 6) is -2.51. The van der Waals surface area contributed by atoms with Crippen molar-refractivity contribution >= 4 is 29.1 Å². The second-order valence-corrected chi connectivity index (χ2v) is 9.32. The van der Waals surface area contributed by atoms with E-state index < -0.39 is 12.1 Å². The number of benzene rings is 1. The summed E-state index contributed by atoms with van der Waals surface area (Å²) in [6, 6.07) is 11.9.